The molecule has 2 heterocycles. The van der Waals surface area contributed by atoms with Gasteiger partial charge in [-0.1, -0.05) is 0 Å². The van der Waals surface area contributed by atoms with Crippen LogP contribution in [0, 0.1) is 0 Å². The second-order valence-electron chi connectivity index (χ2n) is 4.64. The zero-order chi connectivity index (χ0) is 14.8. The number of nitrogens with two attached hydrogens (primary N) is 1. The minimum atomic E-state index is -0.599. The van der Waals surface area contributed by atoms with E-state index in [1.807, 2.05) is 24.3 Å². The highest BCUT2D eigenvalue weighted by Gasteiger charge is 2.21. The first-order valence-corrected chi connectivity index (χ1v) is 6.54. The van der Waals surface area contributed by atoms with E-state index >= 15 is 0 Å². The molecule has 108 valence electrons. The van der Waals surface area contributed by atoms with Crippen molar-refractivity contribution in [2.45, 2.75) is 6.42 Å². The van der Waals surface area contributed by atoms with Crippen LogP contribution in [0.3, 0.4) is 0 Å². The third-order valence-corrected chi connectivity index (χ3v) is 3.38. The van der Waals surface area contributed by atoms with E-state index in [-0.39, 0.29) is 0 Å². The Hall–Kier alpha value is -2.76. The summed E-state index contributed by atoms with van der Waals surface area (Å²) in [4.78, 5) is 15.4. The number of anilines is 1. The topological polar surface area (TPSA) is 86.5 Å². The molecule has 0 unspecified atom stereocenters. The molecule has 6 heteroatoms. The van der Waals surface area contributed by atoms with Crippen LogP contribution in [0.25, 0.3) is 11.1 Å². The summed E-state index contributed by atoms with van der Waals surface area (Å²) in [5.74, 6) is 1.29. The van der Waals surface area contributed by atoms with Crippen molar-refractivity contribution in [2.24, 2.45) is 5.73 Å². The molecule has 2 amide bonds. The number of urea groups is 1. The van der Waals surface area contributed by atoms with E-state index in [9.17, 15) is 4.79 Å². The average molecular weight is 285 g/mol. The van der Waals surface area contributed by atoms with Gasteiger partial charge >= 0.3 is 6.03 Å². The summed E-state index contributed by atoms with van der Waals surface area (Å²) in [6, 6.07) is 6.86. The third kappa shape index (κ3) is 2.47. The second-order valence-corrected chi connectivity index (χ2v) is 4.64. The van der Waals surface area contributed by atoms with Crippen molar-refractivity contribution in [3.05, 3.63) is 36.0 Å². The number of ether oxygens (including phenoxy) is 2. The number of hydrogen-bond donors (Lipinski definition) is 2. The zero-order valence-electron chi connectivity index (χ0n) is 11.6. The zero-order valence-corrected chi connectivity index (χ0v) is 11.6. The summed E-state index contributed by atoms with van der Waals surface area (Å²) in [5, 5.41) is 2.71. The molecule has 1 aliphatic heterocycles. The number of fused-ring (bicyclic) bond motifs is 1. The Morgan fingerprint density at radius 3 is 3.05 bits per heavy atom. The molecule has 6 nitrogen and oxygen atoms in total. The largest absolute Gasteiger partial charge is 0.493 e. The summed E-state index contributed by atoms with van der Waals surface area (Å²) >= 11 is 0. The molecule has 0 bridgehead atoms. The van der Waals surface area contributed by atoms with Gasteiger partial charge in [0.05, 0.1) is 19.4 Å². The molecule has 1 aromatic carbocycles. The van der Waals surface area contributed by atoms with Crippen LogP contribution in [0.2, 0.25) is 0 Å². The number of aromatic nitrogens is 1. The first-order valence-electron chi connectivity index (χ1n) is 6.54. The highest BCUT2D eigenvalue weighted by atomic mass is 16.5. The fourth-order valence-corrected chi connectivity index (χ4v) is 2.47. The molecule has 0 saturated carbocycles. The number of rotatable bonds is 3. The van der Waals surface area contributed by atoms with Crippen LogP contribution in [-0.2, 0) is 6.42 Å². The molecule has 0 aliphatic carbocycles. The van der Waals surface area contributed by atoms with Crippen LogP contribution < -0.4 is 20.5 Å². The predicted molar refractivity (Wildman–Crippen MR) is 78.6 cm³/mol. The predicted octanol–water partition coefficient (Wildman–Crippen LogP) is 2.18. The summed E-state index contributed by atoms with van der Waals surface area (Å²) in [5.41, 5.74) is 8.69. The van der Waals surface area contributed by atoms with Crippen LogP contribution >= 0.6 is 0 Å². The molecule has 0 radical (unpaired) electrons. The van der Waals surface area contributed by atoms with Crippen molar-refractivity contribution in [1.29, 1.82) is 0 Å². The van der Waals surface area contributed by atoms with E-state index in [1.54, 1.807) is 13.3 Å². The van der Waals surface area contributed by atoms with Gasteiger partial charge in [-0.2, -0.15) is 0 Å². The smallest absolute Gasteiger partial charge is 0.316 e. The molecule has 1 aromatic heterocycles. The Morgan fingerprint density at radius 2 is 2.29 bits per heavy atom. The fourth-order valence-electron chi connectivity index (χ4n) is 2.47. The number of hydrogen-bond acceptors (Lipinski definition) is 4. The Balaban J connectivity index is 2.15. The lowest BCUT2D eigenvalue weighted by atomic mass is 9.99. The summed E-state index contributed by atoms with van der Waals surface area (Å²) in [6.07, 6.45) is 2.40. The number of primary amides is 1. The number of carbonyl (C=O) groups excluding carboxylic acids is 1. The van der Waals surface area contributed by atoms with Gasteiger partial charge < -0.3 is 20.5 Å². The number of nitrogens with zero attached hydrogens (tertiary/aromatic N) is 1. The molecule has 21 heavy (non-hydrogen) atoms. The number of benzene rings is 1. The monoisotopic (exact) mass is 285 g/mol. The van der Waals surface area contributed by atoms with Gasteiger partial charge in [0.15, 0.2) is 0 Å². The molecule has 1 aliphatic rings. The van der Waals surface area contributed by atoms with E-state index in [0.717, 1.165) is 28.9 Å². The van der Waals surface area contributed by atoms with E-state index in [2.05, 4.69) is 10.3 Å². The summed E-state index contributed by atoms with van der Waals surface area (Å²) in [6.45, 7) is 0.603. The van der Waals surface area contributed by atoms with Gasteiger partial charge in [0, 0.05) is 29.8 Å². The van der Waals surface area contributed by atoms with Crippen molar-refractivity contribution in [3.8, 4) is 22.8 Å². The lowest BCUT2D eigenvalue weighted by Gasteiger charge is -2.14. The molecular formula is C15H15N3O3. The van der Waals surface area contributed by atoms with Gasteiger partial charge in [0.25, 0.3) is 0 Å². The molecular weight excluding hydrogens is 270 g/mol. The van der Waals surface area contributed by atoms with E-state index in [1.165, 1.54) is 0 Å². The Kier molecular flexibility index (Phi) is 3.35. The van der Waals surface area contributed by atoms with E-state index in [4.69, 9.17) is 15.2 Å². The molecule has 3 rings (SSSR count). The van der Waals surface area contributed by atoms with Crippen molar-refractivity contribution < 1.29 is 14.3 Å². The molecule has 0 saturated heterocycles. The van der Waals surface area contributed by atoms with Gasteiger partial charge in [-0.25, -0.2) is 9.78 Å². The Morgan fingerprint density at radius 1 is 1.43 bits per heavy atom. The average Bonchev–Trinajstić information content (AvgIpc) is 2.96. The minimum Gasteiger partial charge on any atom is -0.493 e. The Bertz CT molecular complexity index is 701. The van der Waals surface area contributed by atoms with Crippen molar-refractivity contribution >= 4 is 11.7 Å². The SMILES string of the molecule is COc1cc(-c2ccc3c(c2NC(N)=O)CCO3)ccn1. The normalized spacial score (nSPS) is 12.4. The van der Waals surface area contributed by atoms with Gasteiger partial charge in [0.2, 0.25) is 5.88 Å². The standard InChI is InChI=1S/C15H15N3O3/c1-20-13-8-9(4-6-17-13)10-2-3-12-11(5-7-21-12)14(10)18-15(16)19/h2-4,6,8H,5,7H2,1H3,(H3,16,18,19). The molecule has 0 atom stereocenters. The maximum atomic E-state index is 11.3. The molecule has 3 N–H and O–H groups in total. The Labute approximate surface area is 121 Å². The number of methoxy groups -OCH3 is 1. The highest BCUT2D eigenvalue weighted by Crippen LogP contribution is 2.39. The molecule has 0 spiro atoms. The summed E-state index contributed by atoms with van der Waals surface area (Å²) < 4.78 is 10.7. The van der Waals surface area contributed by atoms with Crippen molar-refractivity contribution in [2.75, 3.05) is 19.0 Å². The first kappa shape index (κ1) is 13.2. The molecule has 2 aromatic rings. The number of carbonyl (C=O) groups is 1. The second kappa shape index (κ2) is 5.32. The van der Waals surface area contributed by atoms with Crippen LogP contribution in [0.15, 0.2) is 30.5 Å². The van der Waals surface area contributed by atoms with E-state index in [0.29, 0.717) is 18.2 Å². The first-order chi connectivity index (χ1) is 10.2. The highest BCUT2D eigenvalue weighted by molar-refractivity contribution is 5.96. The maximum Gasteiger partial charge on any atom is 0.316 e. The van der Waals surface area contributed by atoms with E-state index < -0.39 is 6.03 Å². The number of nitrogens with one attached hydrogen (secondary N) is 1. The van der Waals surface area contributed by atoms with Gasteiger partial charge in [0.1, 0.15) is 5.75 Å². The number of pyridine rings is 1. The molecule has 0 fully saturated rings. The lowest BCUT2D eigenvalue weighted by molar-refractivity contribution is 0.259. The van der Waals surface area contributed by atoms with Gasteiger partial charge in [-0.3, -0.25) is 0 Å². The summed E-state index contributed by atoms with van der Waals surface area (Å²) in [7, 11) is 1.56. The fraction of sp³-hybridized carbons (Fsp3) is 0.200. The quantitative estimate of drug-likeness (QED) is 0.905. The van der Waals surface area contributed by atoms with Gasteiger partial charge in [-0.05, 0) is 23.8 Å². The maximum absolute atomic E-state index is 11.3. The van der Waals surface area contributed by atoms with Gasteiger partial charge in [-0.15, -0.1) is 0 Å². The minimum absolute atomic E-state index is 0.509. The van der Waals surface area contributed by atoms with Crippen LogP contribution in [0.5, 0.6) is 11.6 Å². The lowest BCUT2D eigenvalue weighted by Crippen LogP contribution is -2.20. The van der Waals surface area contributed by atoms with Crippen LogP contribution in [0.1, 0.15) is 5.56 Å². The van der Waals surface area contributed by atoms with Crippen molar-refractivity contribution in [3.63, 3.8) is 0 Å². The third-order valence-electron chi connectivity index (χ3n) is 3.38. The number of amides is 2. The van der Waals surface area contributed by atoms with Crippen LogP contribution in [-0.4, -0.2) is 24.7 Å². The van der Waals surface area contributed by atoms with Crippen LogP contribution in [0.4, 0.5) is 10.5 Å². The van der Waals surface area contributed by atoms with Crippen molar-refractivity contribution in [1.82, 2.24) is 4.98 Å².